The molecule has 1 amide bonds. The highest BCUT2D eigenvalue weighted by Crippen LogP contribution is 2.31. The summed E-state index contributed by atoms with van der Waals surface area (Å²) in [4.78, 5) is 12.6. The van der Waals surface area contributed by atoms with Gasteiger partial charge in [0.25, 0.3) is 0 Å². The van der Waals surface area contributed by atoms with Crippen LogP contribution in [0.15, 0.2) is 24.3 Å². The molecule has 5 heteroatoms. The molecule has 0 bridgehead atoms. The molecule has 0 atom stereocenters. The van der Waals surface area contributed by atoms with Crippen LogP contribution in [0.1, 0.15) is 18.4 Å². The van der Waals surface area contributed by atoms with Crippen molar-refractivity contribution < 1.29 is 14.6 Å². The van der Waals surface area contributed by atoms with E-state index >= 15 is 0 Å². The Labute approximate surface area is 119 Å². The van der Waals surface area contributed by atoms with Gasteiger partial charge in [-0.1, -0.05) is 18.2 Å². The highest BCUT2D eigenvalue weighted by Gasteiger charge is 2.39. The summed E-state index contributed by atoms with van der Waals surface area (Å²) in [5.74, 6) is -0.0262. The van der Waals surface area contributed by atoms with E-state index in [2.05, 4.69) is 10.6 Å². The molecular formula is C15H22N2O3. The minimum Gasteiger partial charge on any atom is -0.392 e. The number of carbonyl (C=O) groups is 1. The van der Waals surface area contributed by atoms with Gasteiger partial charge in [0.15, 0.2) is 0 Å². The zero-order valence-corrected chi connectivity index (χ0v) is 11.8. The minimum atomic E-state index is -0.484. The molecule has 0 spiro atoms. The molecule has 1 heterocycles. The van der Waals surface area contributed by atoms with Gasteiger partial charge in [-0.15, -0.1) is 0 Å². The third-order valence-electron chi connectivity index (χ3n) is 3.90. The number of aliphatic hydroxyl groups excluding tert-OH is 1. The van der Waals surface area contributed by atoms with Gasteiger partial charge in [0.1, 0.15) is 0 Å². The SMILES string of the molecule is COCC1(C(=O)Nc2ccccc2CO)CCNCC1. The number of nitrogens with one attached hydrogen (secondary N) is 2. The maximum atomic E-state index is 12.6. The van der Waals surface area contributed by atoms with Crippen molar-refractivity contribution in [2.45, 2.75) is 19.4 Å². The molecule has 0 radical (unpaired) electrons. The van der Waals surface area contributed by atoms with Gasteiger partial charge in [-0.25, -0.2) is 0 Å². The summed E-state index contributed by atoms with van der Waals surface area (Å²) in [6, 6.07) is 7.31. The summed E-state index contributed by atoms with van der Waals surface area (Å²) in [5.41, 5.74) is 0.916. The summed E-state index contributed by atoms with van der Waals surface area (Å²) in [6.45, 7) is 1.97. The molecule has 2 rings (SSSR count). The minimum absolute atomic E-state index is 0.0262. The van der Waals surface area contributed by atoms with Crippen LogP contribution in [0.25, 0.3) is 0 Å². The third kappa shape index (κ3) is 3.17. The summed E-state index contributed by atoms with van der Waals surface area (Å²) < 4.78 is 5.26. The smallest absolute Gasteiger partial charge is 0.233 e. The molecule has 1 aliphatic heterocycles. The van der Waals surface area contributed by atoms with Crippen LogP contribution in [0, 0.1) is 5.41 Å². The molecule has 5 nitrogen and oxygen atoms in total. The number of anilines is 1. The standard InChI is InChI=1S/C15H22N2O3/c1-20-11-15(6-8-16-9-7-15)14(19)17-13-5-3-2-4-12(13)10-18/h2-5,16,18H,6-11H2,1H3,(H,17,19). The van der Waals surface area contributed by atoms with Gasteiger partial charge in [-0.05, 0) is 32.0 Å². The molecule has 1 saturated heterocycles. The maximum Gasteiger partial charge on any atom is 0.233 e. The first-order valence-electron chi connectivity index (χ1n) is 6.92. The molecule has 0 unspecified atom stereocenters. The highest BCUT2D eigenvalue weighted by atomic mass is 16.5. The van der Waals surface area contributed by atoms with E-state index in [0.717, 1.165) is 31.5 Å². The largest absolute Gasteiger partial charge is 0.392 e. The normalized spacial score (nSPS) is 17.7. The lowest BCUT2D eigenvalue weighted by atomic mass is 9.78. The van der Waals surface area contributed by atoms with Crippen LogP contribution in [0.4, 0.5) is 5.69 Å². The van der Waals surface area contributed by atoms with E-state index in [1.165, 1.54) is 0 Å². The fourth-order valence-corrected chi connectivity index (χ4v) is 2.65. The molecule has 0 saturated carbocycles. The number of methoxy groups -OCH3 is 1. The van der Waals surface area contributed by atoms with Crippen molar-refractivity contribution >= 4 is 11.6 Å². The van der Waals surface area contributed by atoms with Crippen molar-refractivity contribution in [3.63, 3.8) is 0 Å². The highest BCUT2D eigenvalue weighted by molar-refractivity contribution is 5.96. The van der Waals surface area contributed by atoms with Crippen LogP contribution in [-0.4, -0.2) is 37.8 Å². The average Bonchev–Trinajstić information content (AvgIpc) is 2.49. The number of rotatable bonds is 5. The van der Waals surface area contributed by atoms with Crippen LogP contribution in [0.5, 0.6) is 0 Å². The summed E-state index contributed by atoms with van der Waals surface area (Å²) in [5, 5.41) is 15.5. The van der Waals surface area contributed by atoms with Crippen molar-refractivity contribution in [3.8, 4) is 0 Å². The Morgan fingerprint density at radius 1 is 1.40 bits per heavy atom. The lowest BCUT2D eigenvalue weighted by molar-refractivity contribution is -0.130. The summed E-state index contributed by atoms with van der Waals surface area (Å²) in [7, 11) is 1.62. The molecular weight excluding hydrogens is 256 g/mol. The van der Waals surface area contributed by atoms with Crippen LogP contribution in [-0.2, 0) is 16.1 Å². The molecule has 1 aromatic rings. The zero-order valence-electron chi connectivity index (χ0n) is 11.8. The third-order valence-corrected chi connectivity index (χ3v) is 3.90. The number of hydrogen-bond donors (Lipinski definition) is 3. The van der Waals surface area contributed by atoms with E-state index in [1.54, 1.807) is 13.2 Å². The quantitative estimate of drug-likeness (QED) is 0.755. The Morgan fingerprint density at radius 3 is 2.75 bits per heavy atom. The van der Waals surface area contributed by atoms with Crippen molar-refractivity contribution in [2.24, 2.45) is 5.41 Å². The first-order chi connectivity index (χ1) is 9.72. The molecule has 20 heavy (non-hydrogen) atoms. The van der Waals surface area contributed by atoms with Crippen LogP contribution < -0.4 is 10.6 Å². The molecule has 110 valence electrons. The van der Waals surface area contributed by atoms with Gasteiger partial charge < -0.3 is 20.5 Å². The van der Waals surface area contributed by atoms with Crippen molar-refractivity contribution in [1.82, 2.24) is 5.32 Å². The first kappa shape index (κ1) is 15.0. The number of amides is 1. The van der Waals surface area contributed by atoms with Crippen molar-refractivity contribution in [3.05, 3.63) is 29.8 Å². The van der Waals surface area contributed by atoms with Gasteiger partial charge in [0.2, 0.25) is 5.91 Å². The number of aliphatic hydroxyl groups is 1. The second-order valence-corrected chi connectivity index (χ2v) is 5.23. The number of para-hydroxylation sites is 1. The molecule has 1 aromatic carbocycles. The van der Waals surface area contributed by atoms with Gasteiger partial charge >= 0.3 is 0 Å². The van der Waals surface area contributed by atoms with Crippen molar-refractivity contribution in [2.75, 3.05) is 32.1 Å². The summed E-state index contributed by atoms with van der Waals surface area (Å²) in [6.07, 6.45) is 1.52. The van der Waals surface area contributed by atoms with Gasteiger partial charge in [-0.2, -0.15) is 0 Å². The Bertz CT molecular complexity index is 451. The van der Waals surface area contributed by atoms with Crippen LogP contribution in [0.3, 0.4) is 0 Å². The number of benzene rings is 1. The predicted octanol–water partition coefficient (Wildman–Crippen LogP) is 1.13. The predicted molar refractivity (Wildman–Crippen MR) is 77.4 cm³/mol. The van der Waals surface area contributed by atoms with Crippen LogP contribution in [0.2, 0.25) is 0 Å². The fourth-order valence-electron chi connectivity index (χ4n) is 2.65. The topological polar surface area (TPSA) is 70.6 Å². The van der Waals surface area contributed by atoms with E-state index in [-0.39, 0.29) is 12.5 Å². The first-order valence-corrected chi connectivity index (χ1v) is 6.92. The van der Waals surface area contributed by atoms with Gasteiger partial charge in [-0.3, -0.25) is 4.79 Å². The van der Waals surface area contributed by atoms with Crippen molar-refractivity contribution in [1.29, 1.82) is 0 Å². The molecule has 3 N–H and O–H groups in total. The van der Waals surface area contributed by atoms with Gasteiger partial charge in [0.05, 0.1) is 18.6 Å². The van der Waals surface area contributed by atoms with E-state index < -0.39 is 5.41 Å². The Hall–Kier alpha value is -1.43. The molecule has 0 aromatic heterocycles. The second kappa shape index (κ2) is 6.83. The second-order valence-electron chi connectivity index (χ2n) is 5.23. The molecule has 0 aliphatic carbocycles. The monoisotopic (exact) mass is 278 g/mol. The van der Waals surface area contributed by atoms with E-state index in [1.807, 2.05) is 18.2 Å². The number of carbonyl (C=O) groups excluding carboxylic acids is 1. The average molecular weight is 278 g/mol. The Kier molecular flexibility index (Phi) is 5.11. The Balaban J connectivity index is 2.16. The van der Waals surface area contributed by atoms with E-state index in [4.69, 9.17) is 4.74 Å². The Morgan fingerprint density at radius 2 is 2.10 bits per heavy atom. The number of piperidine rings is 1. The fraction of sp³-hybridized carbons (Fsp3) is 0.533. The molecule has 1 fully saturated rings. The lowest BCUT2D eigenvalue weighted by Gasteiger charge is -2.35. The maximum absolute atomic E-state index is 12.6. The van der Waals surface area contributed by atoms with E-state index in [9.17, 15) is 9.90 Å². The lowest BCUT2D eigenvalue weighted by Crippen LogP contribution is -2.47. The zero-order chi connectivity index (χ0) is 14.4. The number of hydrogen-bond acceptors (Lipinski definition) is 4. The number of ether oxygens (including phenoxy) is 1. The molecule has 1 aliphatic rings. The summed E-state index contributed by atoms with van der Waals surface area (Å²) >= 11 is 0. The van der Waals surface area contributed by atoms with Crippen LogP contribution >= 0.6 is 0 Å². The van der Waals surface area contributed by atoms with Gasteiger partial charge in [0, 0.05) is 18.4 Å². The van der Waals surface area contributed by atoms with E-state index in [0.29, 0.717) is 12.3 Å².